The van der Waals surface area contributed by atoms with E-state index in [4.69, 9.17) is 19.6 Å². The summed E-state index contributed by atoms with van der Waals surface area (Å²) < 4.78 is 55.7. The number of oxazole rings is 1. The second-order valence-electron chi connectivity index (χ2n) is 14.3. The number of aliphatic hydroxyl groups excluding tert-OH is 1. The number of nitrogens with zero attached hydrogens (tertiary/aromatic N) is 5. The van der Waals surface area contributed by atoms with E-state index >= 15 is 0 Å². The number of anilines is 3. The first-order chi connectivity index (χ1) is 31.2. The molecule has 0 spiro atoms. The first kappa shape index (κ1) is 45.5. The molecule has 8 N–H and O–H groups in total. The molecule has 2 aliphatic rings. The molecule has 2 unspecified atom stereocenters. The van der Waals surface area contributed by atoms with Crippen LogP contribution in [0.1, 0.15) is 66.3 Å². The Hall–Kier alpha value is -7.54. The third-order valence-electron chi connectivity index (χ3n) is 9.81. The fourth-order valence-corrected chi connectivity index (χ4v) is 6.73. The number of amides is 6. The molecule has 21 nitrogen and oxygen atoms in total. The molecule has 0 bridgehead atoms. The summed E-state index contributed by atoms with van der Waals surface area (Å²) >= 11 is 0. The second kappa shape index (κ2) is 19.9. The highest BCUT2D eigenvalue weighted by atomic mass is 19.4. The number of carbonyl (C=O) groups excluding carboxylic acids is 6. The number of piperidine rings is 1. The van der Waals surface area contributed by atoms with Crippen LogP contribution in [0.15, 0.2) is 77.7 Å². The van der Waals surface area contributed by atoms with E-state index in [1.807, 2.05) is 0 Å². The summed E-state index contributed by atoms with van der Waals surface area (Å²) in [6.07, 6.45) is -2.30. The third-order valence-corrected chi connectivity index (χ3v) is 9.81. The van der Waals surface area contributed by atoms with Crippen molar-refractivity contribution in [1.29, 1.82) is 0 Å². The zero-order chi connectivity index (χ0) is 46.3. The molecular weight excluding hydrogens is 864 g/mol. The number of nitrogens with two attached hydrogens (primary N) is 1. The van der Waals surface area contributed by atoms with Crippen molar-refractivity contribution in [2.24, 2.45) is 5.73 Å². The number of benzene rings is 2. The number of hydrogen-bond acceptors (Lipinski definition) is 16. The quantitative estimate of drug-likeness (QED) is 0.0356. The van der Waals surface area contributed by atoms with Crippen LogP contribution in [0.4, 0.5) is 30.4 Å². The van der Waals surface area contributed by atoms with Crippen LogP contribution < -0.4 is 32.3 Å². The van der Waals surface area contributed by atoms with E-state index in [0.29, 0.717) is 23.5 Å². The molecule has 1 fully saturated rings. The average molecular weight is 904 g/mol. The van der Waals surface area contributed by atoms with Crippen molar-refractivity contribution in [3.8, 4) is 17.1 Å². The van der Waals surface area contributed by atoms with Crippen LogP contribution in [-0.2, 0) is 19.1 Å². The van der Waals surface area contributed by atoms with Gasteiger partial charge in [0.25, 0.3) is 23.6 Å². The van der Waals surface area contributed by atoms with Gasteiger partial charge in [-0.2, -0.15) is 18.3 Å². The summed E-state index contributed by atoms with van der Waals surface area (Å²) in [6, 6.07) is 12.7. The maximum Gasteiger partial charge on any atom is 0.405 e. The number of carbonyl (C=O) groups is 6. The number of fused-ring (bicyclic) bond motifs is 1. The van der Waals surface area contributed by atoms with Gasteiger partial charge in [0, 0.05) is 42.5 Å². The summed E-state index contributed by atoms with van der Waals surface area (Å²) in [7, 11) is 0. The number of halogens is 3. The predicted octanol–water partition coefficient (Wildman–Crippen LogP) is 2.37. The highest BCUT2D eigenvalue weighted by Gasteiger charge is 2.45. The molecule has 0 radical (unpaired) electrons. The minimum Gasteiger partial charge on any atom is -0.444 e. The highest BCUT2D eigenvalue weighted by molar-refractivity contribution is 6.25. The summed E-state index contributed by atoms with van der Waals surface area (Å²) in [4.78, 5) is 84.9. The summed E-state index contributed by atoms with van der Waals surface area (Å²) in [6.45, 7) is 0.0737. The maximum atomic E-state index is 13.2. The van der Waals surface area contributed by atoms with Crippen molar-refractivity contribution < 1.29 is 60.9 Å². The Morgan fingerprint density at radius 1 is 0.954 bits per heavy atom. The minimum absolute atomic E-state index is 0.0224. The molecule has 24 heteroatoms. The SMILES string of the molecule is NC(O)c1nn(-c2ccc(C(=O)NCCOCCOCCNc3cccc4c3C(=O)N(C3CCC(=O)NC3=O)C4=O)cc2)cc1NC(=O)c1coc(-c2ccnc(NCC(F)(F)F)c2)n1. The zero-order valence-corrected chi connectivity index (χ0v) is 34.0. The fraction of sp³-hybridized carbons (Fsp3) is 0.293. The van der Waals surface area contributed by atoms with E-state index in [2.05, 4.69) is 41.7 Å². The van der Waals surface area contributed by atoms with Crippen LogP contribution in [-0.4, -0.2) is 123 Å². The lowest BCUT2D eigenvalue weighted by Gasteiger charge is -2.27. The Labute approximate surface area is 365 Å². The second-order valence-corrected chi connectivity index (χ2v) is 14.3. The Morgan fingerprint density at radius 2 is 1.71 bits per heavy atom. The minimum atomic E-state index is -4.46. The first-order valence-electron chi connectivity index (χ1n) is 19.9. The van der Waals surface area contributed by atoms with Gasteiger partial charge in [-0.1, -0.05) is 6.07 Å². The molecule has 5 heterocycles. The van der Waals surface area contributed by atoms with Gasteiger partial charge in [-0.3, -0.25) is 39.0 Å². The number of hydrogen-bond donors (Lipinski definition) is 7. The molecule has 0 aliphatic carbocycles. The van der Waals surface area contributed by atoms with E-state index in [-0.39, 0.29) is 97.2 Å². The number of alkyl halides is 3. The Balaban J connectivity index is 0.818. The van der Waals surface area contributed by atoms with E-state index in [0.717, 1.165) is 11.2 Å². The smallest absolute Gasteiger partial charge is 0.405 e. The topological polar surface area (TPSA) is 287 Å². The molecule has 5 aromatic rings. The van der Waals surface area contributed by atoms with Gasteiger partial charge in [0.05, 0.1) is 55.1 Å². The van der Waals surface area contributed by atoms with Crippen molar-refractivity contribution in [2.45, 2.75) is 31.3 Å². The lowest BCUT2D eigenvalue weighted by molar-refractivity contribution is -0.136. The van der Waals surface area contributed by atoms with Gasteiger partial charge in [-0.25, -0.2) is 14.6 Å². The van der Waals surface area contributed by atoms with Gasteiger partial charge < -0.3 is 46.0 Å². The van der Waals surface area contributed by atoms with E-state index in [9.17, 15) is 47.0 Å². The molecule has 6 amide bonds. The van der Waals surface area contributed by atoms with Gasteiger partial charge in [0.1, 0.15) is 36.6 Å². The number of imide groups is 2. The Kier molecular flexibility index (Phi) is 13.9. The van der Waals surface area contributed by atoms with Gasteiger partial charge in [-0.15, -0.1) is 0 Å². The van der Waals surface area contributed by atoms with Gasteiger partial charge >= 0.3 is 6.18 Å². The number of rotatable bonds is 19. The number of nitrogens with one attached hydrogen (secondary N) is 5. The molecule has 65 heavy (non-hydrogen) atoms. The van der Waals surface area contributed by atoms with Gasteiger partial charge in [0.15, 0.2) is 5.69 Å². The van der Waals surface area contributed by atoms with Crippen LogP contribution in [0, 0.1) is 0 Å². The van der Waals surface area contributed by atoms with Crippen LogP contribution in [0.2, 0.25) is 0 Å². The molecule has 2 aromatic carbocycles. The first-order valence-corrected chi connectivity index (χ1v) is 19.9. The molecule has 7 rings (SSSR count). The van der Waals surface area contributed by atoms with Crippen molar-refractivity contribution >= 4 is 52.6 Å². The van der Waals surface area contributed by atoms with Gasteiger partial charge in [-0.05, 0) is 55.0 Å². The lowest BCUT2D eigenvalue weighted by atomic mass is 10.0. The molecule has 0 saturated carbocycles. The van der Waals surface area contributed by atoms with Crippen LogP contribution in [0.5, 0.6) is 0 Å². The summed E-state index contributed by atoms with van der Waals surface area (Å²) in [5.41, 5.74) is 7.21. The average Bonchev–Trinajstić information content (AvgIpc) is 4.01. The standard InChI is InChI=1S/C41H40F3N11O10/c42-41(43,44)21-49-30-18-23(10-11-47-30)38-51-28(20-65-38)36(59)50-27-19-54(53-33(27)34(45)57)24-6-4-22(5-7-24)35(58)48-13-15-64-17-16-63-14-12-46-26-3-1-2-25-32(26)40(62)55(39(25)61)29-8-9-31(56)52-37(29)60/h1-7,10-11,18-20,29,34,46,57H,8-9,12-17,21,45H2,(H,47,49)(H,48,58)(H,50,59)(H,52,56,60). The number of aromatic nitrogens is 4. The van der Waals surface area contributed by atoms with E-state index in [1.165, 1.54) is 47.4 Å². The van der Waals surface area contributed by atoms with Crippen LogP contribution in [0.25, 0.3) is 17.1 Å². The van der Waals surface area contributed by atoms with E-state index in [1.54, 1.807) is 24.3 Å². The fourth-order valence-electron chi connectivity index (χ4n) is 6.73. The lowest BCUT2D eigenvalue weighted by Crippen LogP contribution is -2.54. The molecule has 2 atom stereocenters. The number of pyridine rings is 1. The van der Waals surface area contributed by atoms with Crippen molar-refractivity contribution in [2.75, 3.05) is 62.0 Å². The summed E-state index contributed by atoms with van der Waals surface area (Å²) in [5, 5.41) is 27.2. The van der Waals surface area contributed by atoms with Crippen molar-refractivity contribution in [1.82, 2.24) is 35.3 Å². The normalized spacial score (nSPS) is 15.4. The van der Waals surface area contributed by atoms with Crippen molar-refractivity contribution in [3.05, 3.63) is 101 Å². The molecule has 2 aliphatic heterocycles. The third kappa shape index (κ3) is 11.0. The molecule has 3 aromatic heterocycles. The molecular formula is C41H40F3N11O10. The highest BCUT2D eigenvalue weighted by Crippen LogP contribution is 2.32. The van der Waals surface area contributed by atoms with Crippen LogP contribution >= 0.6 is 0 Å². The Morgan fingerprint density at radius 3 is 2.43 bits per heavy atom. The predicted molar refractivity (Wildman–Crippen MR) is 221 cm³/mol. The summed E-state index contributed by atoms with van der Waals surface area (Å²) in [5.74, 6) is -3.65. The van der Waals surface area contributed by atoms with Crippen molar-refractivity contribution in [3.63, 3.8) is 0 Å². The number of ether oxygens (including phenoxy) is 2. The maximum absolute atomic E-state index is 13.2. The number of aliphatic hydroxyl groups is 1. The molecule has 340 valence electrons. The zero-order valence-electron chi connectivity index (χ0n) is 34.0. The largest absolute Gasteiger partial charge is 0.444 e. The monoisotopic (exact) mass is 903 g/mol. The Bertz CT molecular complexity index is 2600. The van der Waals surface area contributed by atoms with Gasteiger partial charge in [0.2, 0.25) is 17.7 Å². The molecule has 1 saturated heterocycles. The van der Waals surface area contributed by atoms with Crippen LogP contribution in [0.3, 0.4) is 0 Å². The van der Waals surface area contributed by atoms with E-state index < -0.39 is 54.5 Å².